The van der Waals surface area contributed by atoms with E-state index in [1.165, 1.54) is 0 Å². The average Bonchev–Trinajstić information content (AvgIpc) is 2.66. The van der Waals surface area contributed by atoms with Crippen LogP contribution < -0.4 is 21.3 Å². The minimum Gasteiger partial charge on any atom is -0.372 e. The number of primary amides is 1. The van der Waals surface area contributed by atoms with E-state index in [4.69, 9.17) is 4.79 Å². The standard InChI is InChI=1S/C16H24N4O2.CH3NO/c1-17-16(22)14(3-2-8-21)9-13-10-15(12-19-11-13)20-6-4-18-5-7-20;2-1-3/h8,10-12,14,18H,2-7,9H2,1H3,(H,17,22);1H,(H2,2,3). The van der Waals surface area contributed by atoms with Crippen LogP contribution in [0.3, 0.4) is 0 Å². The number of aromatic nitrogens is 1. The summed E-state index contributed by atoms with van der Waals surface area (Å²) in [6.45, 7) is 3.89. The molecule has 0 bridgehead atoms. The molecule has 2 heterocycles. The zero-order valence-corrected chi connectivity index (χ0v) is 14.6. The van der Waals surface area contributed by atoms with Crippen molar-refractivity contribution < 1.29 is 14.4 Å². The number of carbonyl (C=O) groups is 3. The van der Waals surface area contributed by atoms with E-state index in [0.717, 1.165) is 43.7 Å². The summed E-state index contributed by atoms with van der Waals surface area (Å²) in [6, 6.07) is 2.11. The van der Waals surface area contributed by atoms with E-state index in [0.29, 0.717) is 19.3 Å². The summed E-state index contributed by atoms with van der Waals surface area (Å²) in [7, 11) is 1.63. The highest BCUT2D eigenvalue weighted by Crippen LogP contribution is 2.19. The third kappa shape index (κ3) is 7.30. The molecule has 4 N–H and O–H groups in total. The molecule has 1 fully saturated rings. The fourth-order valence-electron chi connectivity index (χ4n) is 2.77. The minimum atomic E-state index is -0.185. The second-order valence-electron chi connectivity index (χ2n) is 5.68. The van der Waals surface area contributed by atoms with Crippen molar-refractivity contribution in [1.29, 1.82) is 0 Å². The van der Waals surface area contributed by atoms with Crippen molar-refractivity contribution in [2.75, 3.05) is 38.1 Å². The van der Waals surface area contributed by atoms with Crippen LogP contribution in [0.25, 0.3) is 0 Å². The molecule has 1 aliphatic rings. The number of hydrogen-bond donors (Lipinski definition) is 3. The Labute approximate surface area is 148 Å². The number of hydrogen-bond acceptors (Lipinski definition) is 6. The van der Waals surface area contributed by atoms with Gasteiger partial charge in [0.15, 0.2) is 0 Å². The summed E-state index contributed by atoms with van der Waals surface area (Å²) in [5.41, 5.74) is 6.31. The van der Waals surface area contributed by atoms with Crippen molar-refractivity contribution in [3.05, 3.63) is 24.0 Å². The molecule has 138 valence electrons. The summed E-state index contributed by atoms with van der Waals surface area (Å²) < 4.78 is 0. The molecule has 1 aromatic rings. The lowest BCUT2D eigenvalue weighted by atomic mass is 9.94. The highest BCUT2D eigenvalue weighted by atomic mass is 16.1. The number of nitrogens with one attached hydrogen (secondary N) is 2. The number of aldehydes is 1. The molecule has 25 heavy (non-hydrogen) atoms. The molecule has 0 saturated carbocycles. The van der Waals surface area contributed by atoms with Gasteiger partial charge < -0.3 is 26.1 Å². The molecule has 1 saturated heterocycles. The molecule has 8 nitrogen and oxygen atoms in total. The van der Waals surface area contributed by atoms with Gasteiger partial charge in [0.25, 0.3) is 0 Å². The van der Waals surface area contributed by atoms with E-state index in [9.17, 15) is 9.59 Å². The molecule has 1 aromatic heterocycles. The molecule has 1 aliphatic heterocycles. The van der Waals surface area contributed by atoms with Crippen LogP contribution in [-0.4, -0.2) is 56.8 Å². The Morgan fingerprint density at radius 2 is 2.08 bits per heavy atom. The number of nitrogens with two attached hydrogens (primary N) is 1. The number of pyridine rings is 1. The number of anilines is 1. The molecule has 0 spiro atoms. The second kappa shape index (κ2) is 12.0. The predicted molar refractivity (Wildman–Crippen MR) is 96.1 cm³/mol. The zero-order valence-electron chi connectivity index (χ0n) is 14.6. The lowest BCUT2D eigenvalue weighted by molar-refractivity contribution is -0.124. The van der Waals surface area contributed by atoms with Gasteiger partial charge in [-0.15, -0.1) is 0 Å². The van der Waals surface area contributed by atoms with Gasteiger partial charge in [0.1, 0.15) is 6.29 Å². The van der Waals surface area contributed by atoms with Crippen molar-refractivity contribution in [2.45, 2.75) is 19.3 Å². The van der Waals surface area contributed by atoms with E-state index < -0.39 is 0 Å². The minimum absolute atomic E-state index is 0.0191. The molecule has 0 aromatic carbocycles. The topological polar surface area (TPSA) is 117 Å². The molecule has 8 heteroatoms. The van der Waals surface area contributed by atoms with E-state index in [1.54, 1.807) is 7.05 Å². The molecule has 1 atom stereocenters. The van der Waals surface area contributed by atoms with Gasteiger partial charge in [-0.3, -0.25) is 14.6 Å². The number of nitrogens with zero attached hydrogens (tertiary/aromatic N) is 2. The Morgan fingerprint density at radius 1 is 1.40 bits per heavy atom. The van der Waals surface area contributed by atoms with Gasteiger partial charge >= 0.3 is 0 Å². The van der Waals surface area contributed by atoms with Crippen LogP contribution in [0.1, 0.15) is 18.4 Å². The van der Waals surface area contributed by atoms with Gasteiger partial charge in [-0.1, -0.05) is 0 Å². The molecule has 1 unspecified atom stereocenters. The van der Waals surface area contributed by atoms with Gasteiger partial charge in [0.2, 0.25) is 12.3 Å². The average molecular weight is 349 g/mol. The van der Waals surface area contributed by atoms with E-state index >= 15 is 0 Å². The fraction of sp³-hybridized carbons (Fsp3) is 0.529. The first-order valence-electron chi connectivity index (χ1n) is 8.36. The number of amides is 2. The van der Waals surface area contributed by atoms with Gasteiger partial charge in [0, 0.05) is 51.8 Å². The first kappa shape index (κ1) is 20.6. The van der Waals surface area contributed by atoms with Crippen molar-refractivity contribution in [2.24, 2.45) is 11.7 Å². The zero-order chi connectivity index (χ0) is 18.5. The summed E-state index contributed by atoms with van der Waals surface area (Å²) >= 11 is 0. The molecule has 2 amide bonds. The summed E-state index contributed by atoms with van der Waals surface area (Å²) in [6.07, 6.45) is 6.38. The number of piperazine rings is 1. The Morgan fingerprint density at radius 3 is 2.68 bits per heavy atom. The molecule has 2 rings (SSSR count). The Kier molecular flexibility index (Phi) is 9.84. The largest absolute Gasteiger partial charge is 0.372 e. The highest BCUT2D eigenvalue weighted by molar-refractivity contribution is 5.79. The number of carbonyl (C=O) groups excluding carboxylic acids is 3. The van der Waals surface area contributed by atoms with E-state index in [1.807, 2.05) is 12.4 Å². The van der Waals surface area contributed by atoms with Crippen LogP contribution in [-0.2, 0) is 20.8 Å². The van der Waals surface area contributed by atoms with Crippen LogP contribution >= 0.6 is 0 Å². The van der Waals surface area contributed by atoms with Crippen LogP contribution in [0.4, 0.5) is 5.69 Å². The maximum Gasteiger partial charge on any atom is 0.223 e. The van der Waals surface area contributed by atoms with Crippen molar-refractivity contribution in [3.63, 3.8) is 0 Å². The van der Waals surface area contributed by atoms with Crippen LogP contribution in [0, 0.1) is 5.92 Å². The molecular weight excluding hydrogens is 322 g/mol. The van der Waals surface area contributed by atoms with Gasteiger partial charge in [0.05, 0.1) is 11.9 Å². The van der Waals surface area contributed by atoms with Gasteiger partial charge in [-0.25, -0.2) is 0 Å². The quantitative estimate of drug-likeness (QED) is 0.570. The third-order valence-electron chi connectivity index (χ3n) is 3.99. The lowest BCUT2D eigenvalue weighted by Gasteiger charge is -2.29. The Hall–Kier alpha value is -2.48. The Balaban J connectivity index is 0.000000970. The summed E-state index contributed by atoms with van der Waals surface area (Å²) in [4.78, 5) is 37.7. The third-order valence-corrected chi connectivity index (χ3v) is 3.99. The summed E-state index contributed by atoms with van der Waals surface area (Å²) in [5, 5.41) is 6.01. The van der Waals surface area contributed by atoms with E-state index in [2.05, 4.69) is 32.3 Å². The van der Waals surface area contributed by atoms with E-state index in [-0.39, 0.29) is 18.2 Å². The number of rotatable bonds is 7. The second-order valence-corrected chi connectivity index (χ2v) is 5.68. The SMILES string of the molecule is CNC(=O)C(CCC=O)Cc1cncc(N2CCNCC2)c1.NC=O. The maximum absolute atomic E-state index is 11.9. The highest BCUT2D eigenvalue weighted by Gasteiger charge is 2.18. The predicted octanol–water partition coefficient (Wildman–Crippen LogP) is -0.523. The molecular formula is C17H27N5O3. The van der Waals surface area contributed by atoms with Crippen molar-refractivity contribution in [1.82, 2.24) is 15.6 Å². The fourth-order valence-corrected chi connectivity index (χ4v) is 2.77. The summed E-state index contributed by atoms with van der Waals surface area (Å²) in [5.74, 6) is -0.204. The Bertz CT molecular complexity index is 547. The smallest absolute Gasteiger partial charge is 0.223 e. The van der Waals surface area contributed by atoms with Crippen LogP contribution in [0.5, 0.6) is 0 Å². The molecule has 0 aliphatic carbocycles. The first-order chi connectivity index (χ1) is 12.2. The van der Waals surface area contributed by atoms with Gasteiger partial charge in [-0.2, -0.15) is 0 Å². The van der Waals surface area contributed by atoms with Crippen molar-refractivity contribution >= 4 is 24.3 Å². The van der Waals surface area contributed by atoms with Gasteiger partial charge in [-0.05, 0) is 24.5 Å². The monoisotopic (exact) mass is 349 g/mol. The van der Waals surface area contributed by atoms with Crippen molar-refractivity contribution in [3.8, 4) is 0 Å². The maximum atomic E-state index is 11.9. The molecule has 0 radical (unpaired) electrons. The lowest BCUT2D eigenvalue weighted by Crippen LogP contribution is -2.43. The first-order valence-corrected chi connectivity index (χ1v) is 8.36. The normalized spacial score (nSPS) is 14.7. The van der Waals surface area contributed by atoms with Crippen LogP contribution in [0.2, 0.25) is 0 Å². The van der Waals surface area contributed by atoms with Crippen LogP contribution in [0.15, 0.2) is 18.5 Å².